The Bertz CT molecular complexity index is 539. The number of carbonyl (C=O) groups excluding carboxylic acids is 1. The van der Waals surface area contributed by atoms with Crippen LogP contribution in [0.1, 0.15) is 32.3 Å². The Kier molecular flexibility index (Phi) is 6.22. The van der Waals surface area contributed by atoms with Gasteiger partial charge in [0.2, 0.25) is 0 Å². The van der Waals surface area contributed by atoms with Gasteiger partial charge < -0.3 is 19.9 Å². The van der Waals surface area contributed by atoms with E-state index in [1.165, 1.54) is 0 Å². The summed E-state index contributed by atoms with van der Waals surface area (Å²) in [5, 5.41) is 11.5. The summed E-state index contributed by atoms with van der Waals surface area (Å²) in [5.41, 5.74) is 0.330. The van der Waals surface area contributed by atoms with Gasteiger partial charge in [0.05, 0.1) is 7.11 Å². The van der Waals surface area contributed by atoms with Crippen molar-refractivity contribution in [2.75, 3.05) is 13.7 Å². The number of benzene rings is 1. The molecule has 0 aliphatic rings. The summed E-state index contributed by atoms with van der Waals surface area (Å²) < 4.78 is 10.6. The molecule has 2 N–H and O–H groups in total. The molecular formula is C16H23NO5. The Morgan fingerprint density at radius 2 is 2.00 bits per heavy atom. The smallest absolute Gasteiger partial charge is 0.303 e. The lowest BCUT2D eigenvalue weighted by Gasteiger charge is -2.25. The molecule has 0 saturated carbocycles. The highest BCUT2D eigenvalue weighted by Crippen LogP contribution is 2.22. The quantitative estimate of drug-likeness (QED) is 0.768. The number of carbonyl (C=O) groups is 2. The minimum Gasteiger partial charge on any atom is -0.496 e. The molecule has 22 heavy (non-hydrogen) atoms. The number of aliphatic carboxylic acids is 1. The van der Waals surface area contributed by atoms with E-state index in [9.17, 15) is 9.59 Å². The monoisotopic (exact) mass is 309 g/mol. The van der Waals surface area contributed by atoms with Crippen LogP contribution < -0.4 is 14.8 Å². The van der Waals surface area contributed by atoms with Crippen molar-refractivity contribution in [3.63, 3.8) is 0 Å². The fraction of sp³-hybridized carbons (Fsp3) is 0.500. The zero-order valence-electron chi connectivity index (χ0n) is 13.4. The fourth-order valence-electron chi connectivity index (χ4n) is 1.99. The molecule has 1 rings (SSSR count). The van der Waals surface area contributed by atoms with E-state index in [1.807, 2.05) is 6.92 Å². The number of methoxy groups -OCH3 is 1. The molecule has 0 fully saturated rings. The standard InChI is InChI=1S/C16H23NO5/c1-11-9-12(5-6-13(11)21-4)22-10-14(18)17-16(2,3)8-7-15(19)20/h5-6,9H,7-8,10H2,1-4H3,(H,17,18)(H,19,20). The predicted octanol–water partition coefficient (Wildman–Crippen LogP) is 2.14. The van der Waals surface area contributed by atoms with E-state index in [-0.39, 0.29) is 18.9 Å². The third-order valence-corrected chi connectivity index (χ3v) is 3.18. The number of ether oxygens (including phenoxy) is 2. The lowest BCUT2D eigenvalue weighted by Crippen LogP contribution is -2.45. The van der Waals surface area contributed by atoms with Crippen molar-refractivity contribution in [2.24, 2.45) is 0 Å². The normalized spacial score (nSPS) is 10.9. The Morgan fingerprint density at radius 3 is 2.55 bits per heavy atom. The number of carboxylic acid groups (broad SMARTS) is 1. The summed E-state index contributed by atoms with van der Waals surface area (Å²) in [6.07, 6.45) is 0.363. The molecule has 0 heterocycles. The molecule has 6 nitrogen and oxygen atoms in total. The van der Waals surface area contributed by atoms with Gasteiger partial charge in [0.1, 0.15) is 11.5 Å². The molecule has 0 spiro atoms. The Labute approximate surface area is 130 Å². The van der Waals surface area contributed by atoms with E-state index in [1.54, 1.807) is 39.2 Å². The summed E-state index contributed by atoms with van der Waals surface area (Å²) >= 11 is 0. The molecule has 1 aromatic rings. The highest BCUT2D eigenvalue weighted by Gasteiger charge is 2.21. The molecular weight excluding hydrogens is 286 g/mol. The highest BCUT2D eigenvalue weighted by atomic mass is 16.5. The van der Waals surface area contributed by atoms with Gasteiger partial charge in [0, 0.05) is 12.0 Å². The van der Waals surface area contributed by atoms with E-state index in [0.717, 1.165) is 11.3 Å². The van der Waals surface area contributed by atoms with Crippen molar-refractivity contribution in [3.8, 4) is 11.5 Å². The molecule has 0 radical (unpaired) electrons. The van der Waals surface area contributed by atoms with E-state index in [4.69, 9.17) is 14.6 Å². The maximum Gasteiger partial charge on any atom is 0.303 e. The van der Waals surface area contributed by atoms with Crippen LogP contribution in [0.2, 0.25) is 0 Å². The van der Waals surface area contributed by atoms with Crippen molar-refractivity contribution >= 4 is 11.9 Å². The van der Waals surface area contributed by atoms with Gasteiger partial charge in [-0.3, -0.25) is 9.59 Å². The number of rotatable bonds is 8. The number of aryl methyl sites for hydroxylation is 1. The van der Waals surface area contributed by atoms with Crippen molar-refractivity contribution < 1.29 is 24.2 Å². The van der Waals surface area contributed by atoms with E-state index >= 15 is 0 Å². The van der Waals surface area contributed by atoms with Crippen LogP contribution >= 0.6 is 0 Å². The summed E-state index contributed by atoms with van der Waals surface area (Å²) in [6.45, 7) is 5.33. The largest absolute Gasteiger partial charge is 0.496 e. The van der Waals surface area contributed by atoms with Crippen LogP contribution in [-0.4, -0.2) is 36.2 Å². The molecule has 122 valence electrons. The maximum absolute atomic E-state index is 11.9. The van der Waals surface area contributed by atoms with E-state index < -0.39 is 11.5 Å². The molecule has 0 saturated heterocycles. The lowest BCUT2D eigenvalue weighted by atomic mass is 9.98. The van der Waals surface area contributed by atoms with E-state index in [0.29, 0.717) is 12.2 Å². The van der Waals surface area contributed by atoms with Crippen LogP contribution in [0.25, 0.3) is 0 Å². The maximum atomic E-state index is 11.9. The van der Waals surface area contributed by atoms with Crippen molar-refractivity contribution in [1.82, 2.24) is 5.32 Å². The Balaban J connectivity index is 2.48. The van der Waals surface area contributed by atoms with Crippen molar-refractivity contribution in [2.45, 2.75) is 39.2 Å². The lowest BCUT2D eigenvalue weighted by molar-refractivity contribution is -0.138. The number of hydrogen-bond donors (Lipinski definition) is 2. The predicted molar refractivity (Wildman–Crippen MR) is 82.3 cm³/mol. The van der Waals surface area contributed by atoms with Gasteiger partial charge in [0.25, 0.3) is 5.91 Å². The van der Waals surface area contributed by atoms with Gasteiger partial charge in [0.15, 0.2) is 6.61 Å². The van der Waals surface area contributed by atoms with Crippen LogP contribution in [0, 0.1) is 6.92 Å². The number of hydrogen-bond acceptors (Lipinski definition) is 4. The molecule has 0 aliphatic carbocycles. The zero-order chi connectivity index (χ0) is 16.8. The van der Waals surface area contributed by atoms with Gasteiger partial charge in [-0.1, -0.05) is 0 Å². The molecule has 0 bridgehead atoms. The average molecular weight is 309 g/mol. The van der Waals surface area contributed by atoms with Crippen LogP contribution in [0.5, 0.6) is 11.5 Å². The first-order chi connectivity index (χ1) is 10.2. The van der Waals surface area contributed by atoms with Crippen LogP contribution in [0.4, 0.5) is 0 Å². The second kappa shape index (κ2) is 7.68. The van der Waals surface area contributed by atoms with Gasteiger partial charge in [-0.25, -0.2) is 0 Å². The minimum absolute atomic E-state index is 0.00577. The third kappa shape index (κ3) is 6.03. The second-order valence-electron chi connectivity index (χ2n) is 5.75. The molecule has 6 heteroatoms. The summed E-state index contributed by atoms with van der Waals surface area (Å²) in [6, 6.07) is 5.30. The van der Waals surface area contributed by atoms with Gasteiger partial charge in [-0.2, -0.15) is 0 Å². The molecule has 0 unspecified atom stereocenters. The first-order valence-corrected chi connectivity index (χ1v) is 7.04. The Morgan fingerprint density at radius 1 is 1.32 bits per heavy atom. The molecule has 0 aliphatic heterocycles. The van der Waals surface area contributed by atoms with Crippen LogP contribution in [0.3, 0.4) is 0 Å². The SMILES string of the molecule is COc1ccc(OCC(=O)NC(C)(C)CCC(=O)O)cc1C. The number of carboxylic acids is 1. The fourth-order valence-corrected chi connectivity index (χ4v) is 1.99. The summed E-state index contributed by atoms with van der Waals surface area (Å²) in [5.74, 6) is 0.166. The van der Waals surface area contributed by atoms with Gasteiger partial charge in [-0.15, -0.1) is 0 Å². The van der Waals surface area contributed by atoms with Crippen LogP contribution in [0.15, 0.2) is 18.2 Å². The molecule has 0 aromatic heterocycles. The second-order valence-corrected chi connectivity index (χ2v) is 5.75. The number of amides is 1. The first-order valence-electron chi connectivity index (χ1n) is 7.04. The van der Waals surface area contributed by atoms with E-state index in [2.05, 4.69) is 5.32 Å². The summed E-state index contributed by atoms with van der Waals surface area (Å²) in [7, 11) is 1.59. The molecule has 1 amide bonds. The van der Waals surface area contributed by atoms with Crippen molar-refractivity contribution in [1.29, 1.82) is 0 Å². The summed E-state index contributed by atoms with van der Waals surface area (Å²) in [4.78, 5) is 22.5. The van der Waals surface area contributed by atoms with Crippen molar-refractivity contribution in [3.05, 3.63) is 23.8 Å². The zero-order valence-corrected chi connectivity index (χ0v) is 13.4. The van der Waals surface area contributed by atoms with Gasteiger partial charge >= 0.3 is 5.97 Å². The topological polar surface area (TPSA) is 84.9 Å². The highest BCUT2D eigenvalue weighted by molar-refractivity contribution is 5.78. The van der Waals surface area contributed by atoms with Crippen LogP contribution in [-0.2, 0) is 9.59 Å². The minimum atomic E-state index is -0.882. The molecule has 0 atom stereocenters. The Hall–Kier alpha value is -2.24. The third-order valence-electron chi connectivity index (χ3n) is 3.18. The number of nitrogens with one attached hydrogen (secondary N) is 1. The first kappa shape index (κ1) is 17.8. The average Bonchev–Trinajstić information content (AvgIpc) is 2.43. The molecule has 1 aromatic carbocycles. The van der Waals surface area contributed by atoms with Gasteiger partial charge in [-0.05, 0) is 51.0 Å².